The van der Waals surface area contributed by atoms with Gasteiger partial charge in [-0.2, -0.15) is 0 Å². The van der Waals surface area contributed by atoms with Crippen LogP contribution in [-0.2, 0) is 0 Å². The molecule has 1 aromatic carbocycles. The van der Waals surface area contributed by atoms with Crippen LogP contribution in [0, 0.1) is 5.92 Å². The average Bonchev–Trinajstić information content (AvgIpc) is 3.39. The van der Waals surface area contributed by atoms with Crippen molar-refractivity contribution in [3.63, 3.8) is 0 Å². The number of allylic oxidation sites excluding steroid dienone is 1. The number of fused-ring (bicyclic) bond motifs is 2. The number of hydrogen-bond acceptors (Lipinski definition) is 4. The van der Waals surface area contributed by atoms with E-state index in [0.717, 1.165) is 42.6 Å². The number of benzene rings is 1. The van der Waals surface area contributed by atoms with E-state index in [2.05, 4.69) is 51.2 Å². The van der Waals surface area contributed by atoms with Crippen LogP contribution in [0.2, 0.25) is 0 Å². The molecule has 4 nitrogen and oxygen atoms in total. The molecule has 3 fully saturated rings. The van der Waals surface area contributed by atoms with Gasteiger partial charge >= 0.3 is 0 Å². The van der Waals surface area contributed by atoms with Crippen LogP contribution in [0.4, 0.5) is 5.69 Å². The van der Waals surface area contributed by atoms with E-state index in [-0.39, 0.29) is 0 Å². The van der Waals surface area contributed by atoms with Crippen molar-refractivity contribution in [2.45, 2.75) is 44.2 Å². The molecule has 0 unspecified atom stereocenters. The molecule has 6 rings (SSSR count). The molecule has 2 aromatic rings. The second kappa shape index (κ2) is 7.66. The van der Waals surface area contributed by atoms with Crippen molar-refractivity contribution >= 4 is 17.5 Å². The monoisotopic (exact) mass is 398 g/mol. The molecule has 0 spiro atoms. The summed E-state index contributed by atoms with van der Waals surface area (Å²) < 4.78 is 0. The Morgan fingerprint density at radius 3 is 2.67 bits per heavy atom. The van der Waals surface area contributed by atoms with E-state index in [1.54, 1.807) is 0 Å². The molecule has 1 aromatic heterocycles. The molecular formula is C26H30N4. The first-order chi connectivity index (χ1) is 14.8. The lowest BCUT2D eigenvalue weighted by Gasteiger charge is -2.35. The van der Waals surface area contributed by atoms with Gasteiger partial charge in [-0.15, -0.1) is 0 Å². The highest BCUT2D eigenvalue weighted by molar-refractivity contribution is 6.15. The second-order valence-corrected chi connectivity index (χ2v) is 9.43. The normalized spacial score (nSPS) is 27.7. The van der Waals surface area contributed by atoms with Gasteiger partial charge in [0.05, 0.1) is 5.71 Å². The fourth-order valence-electron chi connectivity index (χ4n) is 5.48. The molecule has 4 heteroatoms. The van der Waals surface area contributed by atoms with Crippen LogP contribution in [0.25, 0.3) is 6.08 Å². The lowest BCUT2D eigenvalue weighted by atomic mass is 9.95. The molecule has 4 aliphatic rings. The van der Waals surface area contributed by atoms with E-state index in [9.17, 15) is 0 Å². The van der Waals surface area contributed by atoms with Gasteiger partial charge in [0.15, 0.2) is 0 Å². The maximum Gasteiger partial charge on any atom is 0.0694 e. The highest BCUT2D eigenvalue weighted by Gasteiger charge is 2.44. The number of aliphatic imine (C=N–C) groups is 1. The minimum absolute atomic E-state index is 0.709. The van der Waals surface area contributed by atoms with E-state index >= 15 is 0 Å². The Labute approximate surface area is 179 Å². The Kier molecular flexibility index (Phi) is 4.68. The van der Waals surface area contributed by atoms with Crippen LogP contribution in [0.1, 0.15) is 43.2 Å². The Morgan fingerprint density at radius 1 is 1.03 bits per heavy atom. The topological polar surface area (TPSA) is 31.7 Å². The summed E-state index contributed by atoms with van der Waals surface area (Å²) in [5, 5.41) is 0. The van der Waals surface area contributed by atoms with Gasteiger partial charge in [-0.05, 0) is 79.5 Å². The smallest absolute Gasteiger partial charge is 0.0694 e. The average molecular weight is 399 g/mol. The molecule has 1 aliphatic carbocycles. The Balaban J connectivity index is 1.17. The summed E-state index contributed by atoms with van der Waals surface area (Å²) in [6.45, 7) is 4.73. The Morgan fingerprint density at radius 2 is 1.93 bits per heavy atom. The molecule has 0 radical (unpaired) electrons. The summed E-state index contributed by atoms with van der Waals surface area (Å²) in [4.78, 5) is 14.5. The van der Waals surface area contributed by atoms with Gasteiger partial charge in [0.2, 0.25) is 0 Å². The maximum atomic E-state index is 4.81. The van der Waals surface area contributed by atoms with Gasteiger partial charge < -0.3 is 4.90 Å². The number of likely N-dealkylation sites (tertiary alicyclic amines) is 1. The van der Waals surface area contributed by atoms with Crippen LogP contribution >= 0.6 is 0 Å². The molecule has 2 atom stereocenters. The zero-order valence-electron chi connectivity index (χ0n) is 17.6. The molecular weight excluding hydrogens is 368 g/mol. The second-order valence-electron chi connectivity index (χ2n) is 9.43. The van der Waals surface area contributed by atoms with Gasteiger partial charge in [-0.1, -0.05) is 12.1 Å². The number of anilines is 1. The summed E-state index contributed by atoms with van der Waals surface area (Å²) in [7, 11) is 0. The SMILES string of the molecule is C(=C1/CCCN=C1c1cccnc1)/c1ccc(N2C[C@@H]3C[C@H]2CN3CC2CC2)cc1. The van der Waals surface area contributed by atoms with Gasteiger partial charge in [-0.25, -0.2) is 0 Å². The minimum atomic E-state index is 0.709. The van der Waals surface area contributed by atoms with E-state index in [1.165, 1.54) is 55.7 Å². The van der Waals surface area contributed by atoms with Crippen molar-refractivity contribution in [1.29, 1.82) is 0 Å². The predicted octanol–water partition coefficient (Wildman–Crippen LogP) is 4.42. The van der Waals surface area contributed by atoms with Gasteiger partial charge in [0, 0.05) is 61.9 Å². The molecule has 154 valence electrons. The molecule has 3 aliphatic heterocycles. The van der Waals surface area contributed by atoms with Crippen molar-refractivity contribution in [2.24, 2.45) is 10.9 Å². The first-order valence-corrected chi connectivity index (χ1v) is 11.6. The summed E-state index contributed by atoms with van der Waals surface area (Å²) in [6, 6.07) is 14.8. The summed E-state index contributed by atoms with van der Waals surface area (Å²) >= 11 is 0. The summed E-state index contributed by atoms with van der Waals surface area (Å²) in [5.41, 5.74) is 6.24. The van der Waals surface area contributed by atoms with Crippen molar-refractivity contribution in [2.75, 3.05) is 31.1 Å². The number of pyridine rings is 1. The third-order valence-electron chi connectivity index (χ3n) is 7.22. The standard InChI is InChI=1S/C26H30N4/c1-4-22(15-27-11-1)26-21(3-2-12-28-26)13-19-7-9-23(10-8-19)30-18-24-14-25(30)17-29(24)16-20-5-6-20/h1,4,7-11,13,15,20,24-25H,2-3,5-6,12,14,16-18H2/b21-13+/t24-,25-/m0/s1. The van der Waals surface area contributed by atoms with Crippen molar-refractivity contribution in [1.82, 2.24) is 9.88 Å². The van der Waals surface area contributed by atoms with Crippen molar-refractivity contribution in [3.8, 4) is 0 Å². The molecule has 30 heavy (non-hydrogen) atoms. The van der Waals surface area contributed by atoms with Gasteiger partial charge in [-0.3, -0.25) is 14.9 Å². The number of aromatic nitrogens is 1. The summed E-state index contributed by atoms with van der Waals surface area (Å²) in [6.07, 6.45) is 12.6. The van der Waals surface area contributed by atoms with E-state index in [0.29, 0.717) is 6.04 Å². The quantitative estimate of drug-likeness (QED) is 0.747. The third kappa shape index (κ3) is 3.58. The lowest BCUT2D eigenvalue weighted by molar-refractivity contribution is 0.229. The van der Waals surface area contributed by atoms with Crippen LogP contribution in [0.15, 0.2) is 59.4 Å². The predicted molar refractivity (Wildman–Crippen MR) is 123 cm³/mol. The molecule has 2 bridgehead atoms. The van der Waals surface area contributed by atoms with Crippen molar-refractivity contribution in [3.05, 3.63) is 65.5 Å². The van der Waals surface area contributed by atoms with Gasteiger partial charge in [0.25, 0.3) is 0 Å². The molecule has 1 saturated carbocycles. The fraction of sp³-hybridized carbons (Fsp3) is 0.462. The van der Waals surface area contributed by atoms with Crippen molar-refractivity contribution < 1.29 is 0 Å². The highest BCUT2D eigenvalue weighted by Crippen LogP contribution is 2.38. The maximum absolute atomic E-state index is 4.81. The van der Waals surface area contributed by atoms with Crippen LogP contribution in [-0.4, -0.2) is 53.9 Å². The Hall–Kier alpha value is -2.46. The van der Waals surface area contributed by atoms with Crippen LogP contribution in [0.5, 0.6) is 0 Å². The number of piperazine rings is 1. The fourth-order valence-corrected chi connectivity index (χ4v) is 5.48. The summed E-state index contributed by atoms with van der Waals surface area (Å²) in [5.74, 6) is 1.00. The zero-order valence-corrected chi connectivity index (χ0v) is 17.6. The van der Waals surface area contributed by atoms with Crippen LogP contribution in [0.3, 0.4) is 0 Å². The molecule has 4 heterocycles. The van der Waals surface area contributed by atoms with E-state index in [4.69, 9.17) is 4.99 Å². The number of nitrogens with zero attached hydrogens (tertiary/aromatic N) is 4. The van der Waals surface area contributed by atoms with Crippen LogP contribution < -0.4 is 4.90 Å². The Bertz CT molecular complexity index is 958. The molecule has 2 saturated heterocycles. The number of rotatable bonds is 5. The molecule has 0 amide bonds. The van der Waals surface area contributed by atoms with E-state index in [1.807, 2.05) is 18.5 Å². The largest absolute Gasteiger partial charge is 0.366 e. The lowest BCUT2D eigenvalue weighted by Crippen LogP contribution is -2.47. The molecule has 0 N–H and O–H groups in total. The van der Waals surface area contributed by atoms with Gasteiger partial charge in [0.1, 0.15) is 0 Å². The highest BCUT2D eigenvalue weighted by atomic mass is 15.4. The minimum Gasteiger partial charge on any atom is -0.366 e. The van der Waals surface area contributed by atoms with E-state index < -0.39 is 0 Å². The first kappa shape index (κ1) is 18.3. The third-order valence-corrected chi connectivity index (χ3v) is 7.22. The first-order valence-electron chi connectivity index (χ1n) is 11.6. The zero-order chi connectivity index (χ0) is 19.9. The number of hydrogen-bond donors (Lipinski definition) is 0.